The zero-order valence-electron chi connectivity index (χ0n) is 16.9. The van der Waals surface area contributed by atoms with E-state index in [1.165, 1.54) is 43.5 Å². The van der Waals surface area contributed by atoms with Crippen molar-refractivity contribution in [3.05, 3.63) is 71.3 Å². The smallest absolute Gasteiger partial charge is 0.330 e. The second-order valence-corrected chi connectivity index (χ2v) is 6.40. The number of methoxy groups -OCH3 is 1. The van der Waals surface area contributed by atoms with Crippen molar-refractivity contribution >= 4 is 24.1 Å². The molecule has 1 atom stereocenters. The number of esters is 2. The molecule has 164 valence electrons. The molecule has 0 radical (unpaired) electrons. The molecule has 0 aliphatic heterocycles. The van der Waals surface area contributed by atoms with Crippen molar-refractivity contribution < 1.29 is 39.1 Å². The predicted molar refractivity (Wildman–Crippen MR) is 113 cm³/mol. The number of benzene rings is 2. The van der Waals surface area contributed by atoms with E-state index in [-0.39, 0.29) is 25.6 Å². The lowest BCUT2D eigenvalue weighted by Gasteiger charge is -2.10. The number of hydrogen-bond acceptors (Lipinski definition) is 8. The summed E-state index contributed by atoms with van der Waals surface area (Å²) in [7, 11) is 1.48. The van der Waals surface area contributed by atoms with Crippen molar-refractivity contribution in [1.29, 1.82) is 0 Å². The summed E-state index contributed by atoms with van der Waals surface area (Å²) in [6, 6.07) is 11.3. The molecule has 2 rings (SSSR count). The Morgan fingerprint density at radius 3 is 2.03 bits per heavy atom. The molecule has 0 aliphatic carbocycles. The van der Waals surface area contributed by atoms with Crippen molar-refractivity contribution in [2.75, 3.05) is 20.3 Å². The maximum absolute atomic E-state index is 11.8. The zero-order valence-corrected chi connectivity index (χ0v) is 16.9. The van der Waals surface area contributed by atoms with Crippen LogP contribution in [0.2, 0.25) is 0 Å². The van der Waals surface area contributed by atoms with E-state index < -0.39 is 18.0 Å². The molecular weight excluding hydrogens is 404 g/mol. The molecule has 0 bridgehead atoms. The molecule has 0 fully saturated rings. The standard InChI is InChI=1S/C23H24O8/c1-29-21-12-17(2-7-18(21)13-24)6-11-23(28)31-15-20(26)14-30-22(27)10-5-16-3-8-19(25)9-4-16/h2-12,20,24-26H,13-15H2,1H3. The van der Waals surface area contributed by atoms with Gasteiger partial charge in [-0.2, -0.15) is 0 Å². The molecular formula is C23H24O8. The van der Waals surface area contributed by atoms with Crippen molar-refractivity contribution in [2.45, 2.75) is 12.7 Å². The molecule has 2 aromatic rings. The Hall–Kier alpha value is -3.62. The average molecular weight is 428 g/mol. The SMILES string of the molecule is COc1cc(C=CC(=O)OCC(O)COC(=O)C=Cc2ccc(O)cc2)ccc1CO. The Labute approximate surface area is 179 Å². The molecule has 0 aliphatic rings. The highest BCUT2D eigenvalue weighted by Crippen LogP contribution is 2.21. The van der Waals surface area contributed by atoms with Crippen LogP contribution in [0.25, 0.3) is 12.2 Å². The number of hydrogen-bond donors (Lipinski definition) is 3. The number of phenolic OH excluding ortho intramolecular Hbond substituents is 1. The quantitative estimate of drug-likeness (QED) is 0.388. The van der Waals surface area contributed by atoms with Crippen molar-refractivity contribution in [3.63, 3.8) is 0 Å². The summed E-state index contributed by atoms with van der Waals surface area (Å²) in [4.78, 5) is 23.5. The van der Waals surface area contributed by atoms with E-state index in [2.05, 4.69) is 0 Å². The van der Waals surface area contributed by atoms with Crippen LogP contribution in [0.4, 0.5) is 0 Å². The molecule has 8 heteroatoms. The second-order valence-electron chi connectivity index (χ2n) is 6.40. The minimum absolute atomic E-state index is 0.117. The van der Waals surface area contributed by atoms with Crippen LogP contribution in [0, 0.1) is 0 Å². The fourth-order valence-corrected chi connectivity index (χ4v) is 2.41. The van der Waals surface area contributed by atoms with Crippen LogP contribution in [0.5, 0.6) is 11.5 Å². The van der Waals surface area contributed by atoms with Crippen LogP contribution >= 0.6 is 0 Å². The minimum atomic E-state index is -1.17. The molecule has 1 unspecified atom stereocenters. The second kappa shape index (κ2) is 12.2. The largest absolute Gasteiger partial charge is 0.508 e. The summed E-state index contributed by atoms with van der Waals surface area (Å²) >= 11 is 0. The molecule has 0 aromatic heterocycles. The van der Waals surface area contributed by atoms with Gasteiger partial charge in [-0.1, -0.05) is 24.3 Å². The molecule has 31 heavy (non-hydrogen) atoms. The van der Waals surface area contributed by atoms with E-state index >= 15 is 0 Å². The minimum Gasteiger partial charge on any atom is -0.508 e. The summed E-state index contributed by atoms with van der Waals surface area (Å²) in [5, 5.41) is 28.2. The fourth-order valence-electron chi connectivity index (χ4n) is 2.41. The third-order valence-electron chi connectivity index (χ3n) is 4.03. The van der Waals surface area contributed by atoms with E-state index in [0.29, 0.717) is 22.4 Å². The first-order chi connectivity index (χ1) is 14.9. The normalized spacial score (nSPS) is 12.1. The Morgan fingerprint density at radius 2 is 1.48 bits per heavy atom. The van der Waals surface area contributed by atoms with Gasteiger partial charge in [0.15, 0.2) is 0 Å². The van der Waals surface area contributed by atoms with Crippen LogP contribution in [-0.2, 0) is 25.7 Å². The molecule has 2 aromatic carbocycles. The predicted octanol–water partition coefficient (Wildman–Crippen LogP) is 2.07. The lowest BCUT2D eigenvalue weighted by Crippen LogP contribution is -2.24. The van der Waals surface area contributed by atoms with Gasteiger partial charge >= 0.3 is 11.9 Å². The van der Waals surface area contributed by atoms with Crippen molar-refractivity contribution in [1.82, 2.24) is 0 Å². The number of aliphatic hydroxyl groups excluding tert-OH is 2. The number of carbonyl (C=O) groups excluding carboxylic acids is 2. The van der Waals surface area contributed by atoms with E-state index in [4.69, 9.17) is 14.2 Å². The van der Waals surface area contributed by atoms with E-state index in [9.17, 15) is 24.9 Å². The van der Waals surface area contributed by atoms with Crippen LogP contribution in [0.15, 0.2) is 54.6 Å². The summed E-state index contributed by atoms with van der Waals surface area (Å²) in [6.07, 6.45) is 4.21. The van der Waals surface area contributed by atoms with Gasteiger partial charge in [-0.15, -0.1) is 0 Å². The van der Waals surface area contributed by atoms with Gasteiger partial charge in [0, 0.05) is 17.7 Å². The molecule has 3 N–H and O–H groups in total. The summed E-state index contributed by atoms with van der Waals surface area (Å²) in [5.41, 5.74) is 1.98. The third-order valence-corrected chi connectivity index (χ3v) is 4.03. The van der Waals surface area contributed by atoms with Gasteiger partial charge in [-0.05, 0) is 41.5 Å². The fraction of sp³-hybridized carbons (Fsp3) is 0.217. The molecule has 8 nitrogen and oxygen atoms in total. The summed E-state index contributed by atoms with van der Waals surface area (Å²) in [6.45, 7) is -0.843. The van der Waals surface area contributed by atoms with Crippen molar-refractivity contribution in [2.24, 2.45) is 0 Å². The highest BCUT2D eigenvalue weighted by Gasteiger charge is 2.10. The Kier molecular flexibility index (Phi) is 9.28. The lowest BCUT2D eigenvalue weighted by atomic mass is 10.1. The maximum atomic E-state index is 11.8. The summed E-state index contributed by atoms with van der Waals surface area (Å²) in [5.74, 6) is -0.734. The van der Waals surface area contributed by atoms with Gasteiger partial charge in [0.05, 0.1) is 13.7 Å². The number of ether oxygens (including phenoxy) is 3. The number of aliphatic hydroxyl groups is 2. The molecule has 0 spiro atoms. The Bertz CT molecular complexity index is 931. The van der Waals surface area contributed by atoms with E-state index in [0.717, 1.165) is 0 Å². The lowest BCUT2D eigenvalue weighted by molar-refractivity contribution is -0.146. The van der Waals surface area contributed by atoms with Crippen LogP contribution in [0.3, 0.4) is 0 Å². The van der Waals surface area contributed by atoms with Gasteiger partial charge in [0.25, 0.3) is 0 Å². The summed E-state index contributed by atoms with van der Waals surface area (Å²) < 4.78 is 15.0. The average Bonchev–Trinajstić information content (AvgIpc) is 2.79. The molecule has 0 amide bonds. The number of carbonyl (C=O) groups is 2. The van der Waals surface area contributed by atoms with Gasteiger partial charge < -0.3 is 29.5 Å². The zero-order chi connectivity index (χ0) is 22.6. The van der Waals surface area contributed by atoms with Gasteiger partial charge in [0.1, 0.15) is 30.8 Å². The van der Waals surface area contributed by atoms with Gasteiger partial charge in [-0.3, -0.25) is 0 Å². The van der Waals surface area contributed by atoms with Crippen molar-refractivity contribution in [3.8, 4) is 11.5 Å². The van der Waals surface area contributed by atoms with Gasteiger partial charge in [0.2, 0.25) is 0 Å². The van der Waals surface area contributed by atoms with Crippen LogP contribution in [0.1, 0.15) is 16.7 Å². The molecule has 0 heterocycles. The number of aromatic hydroxyl groups is 1. The van der Waals surface area contributed by atoms with E-state index in [1.807, 2.05) is 0 Å². The highest BCUT2D eigenvalue weighted by molar-refractivity contribution is 5.87. The van der Waals surface area contributed by atoms with Crippen LogP contribution in [-0.4, -0.2) is 53.7 Å². The first-order valence-electron chi connectivity index (χ1n) is 9.36. The maximum Gasteiger partial charge on any atom is 0.330 e. The van der Waals surface area contributed by atoms with Crippen LogP contribution < -0.4 is 4.74 Å². The first kappa shape index (κ1) is 23.7. The first-order valence-corrected chi connectivity index (χ1v) is 9.36. The van der Waals surface area contributed by atoms with Gasteiger partial charge in [-0.25, -0.2) is 9.59 Å². The third kappa shape index (κ3) is 8.33. The highest BCUT2D eigenvalue weighted by atomic mass is 16.6. The van der Waals surface area contributed by atoms with E-state index in [1.54, 1.807) is 30.3 Å². The monoisotopic (exact) mass is 428 g/mol. The molecule has 0 saturated carbocycles. The number of phenols is 1. The number of rotatable bonds is 10. The topological polar surface area (TPSA) is 123 Å². The Balaban J connectivity index is 1.73. The molecule has 0 saturated heterocycles. The Morgan fingerprint density at radius 1 is 0.935 bits per heavy atom.